The minimum Gasteiger partial charge on any atom is -0.493 e. The molecule has 1 fully saturated rings. The third kappa shape index (κ3) is 8.77. The minimum atomic E-state index is 0.537. The van der Waals surface area contributed by atoms with E-state index in [1.807, 2.05) is 12.1 Å². The second-order valence-corrected chi connectivity index (χ2v) is 7.07. The lowest BCUT2D eigenvalue weighted by Gasteiger charge is -2.13. The number of ether oxygens (including phenoxy) is 2. The van der Waals surface area contributed by atoms with Crippen molar-refractivity contribution < 1.29 is 9.47 Å². The highest BCUT2D eigenvalue weighted by Crippen LogP contribution is 2.28. The zero-order chi connectivity index (χ0) is 17.9. The van der Waals surface area contributed by atoms with Gasteiger partial charge in [-0.3, -0.25) is 4.99 Å². The van der Waals surface area contributed by atoms with E-state index in [-0.39, 0.29) is 0 Å². The summed E-state index contributed by atoms with van der Waals surface area (Å²) in [6, 6.07) is 8.21. The standard InChI is InChI=1S/C20H33N3O2/c1-16(2)14-25-19-9-7-17(8-10-19)13-23-20(21-3)22-11-4-12-24-15-18-5-6-18/h7-10,16,18H,4-6,11-15H2,1-3H3,(H2,21,22,23). The average Bonchev–Trinajstić information content (AvgIpc) is 3.44. The number of hydrogen-bond donors (Lipinski definition) is 2. The molecule has 1 aromatic rings. The van der Waals surface area contributed by atoms with E-state index in [9.17, 15) is 0 Å². The summed E-state index contributed by atoms with van der Waals surface area (Å²) in [4.78, 5) is 4.25. The van der Waals surface area contributed by atoms with Crippen LogP contribution in [0.3, 0.4) is 0 Å². The van der Waals surface area contributed by atoms with Gasteiger partial charge in [0, 0.05) is 33.4 Å². The number of guanidine groups is 1. The number of rotatable bonds is 11. The summed E-state index contributed by atoms with van der Waals surface area (Å²) in [6.07, 6.45) is 3.69. The van der Waals surface area contributed by atoms with Crippen LogP contribution in [-0.2, 0) is 11.3 Å². The van der Waals surface area contributed by atoms with Crippen molar-refractivity contribution >= 4 is 5.96 Å². The molecule has 0 heterocycles. The van der Waals surface area contributed by atoms with Crippen LogP contribution < -0.4 is 15.4 Å². The van der Waals surface area contributed by atoms with E-state index in [2.05, 4.69) is 41.6 Å². The summed E-state index contributed by atoms with van der Waals surface area (Å²) in [6.45, 7) is 8.40. The molecule has 0 radical (unpaired) electrons. The maximum atomic E-state index is 5.70. The van der Waals surface area contributed by atoms with Crippen molar-refractivity contribution in [1.82, 2.24) is 10.6 Å². The molecule has 1 aliphatic rings. The van der Waals surface area contributed by atoms with Gasteiger partial charge in [0.15, 0.2) is 5.96 Å². The molecule has 0 aromatic heterocycles. The third-order valence-corrected chi connectivity index (χ3v) is 4.00. The highest BCUT2D eigenvalue weighted by atomic mass is 16.5. The van der Waals surface area contributed by atoms with Gasteiger partial charge in [0.25, 0.3) is 0 Å². The first-order valence-corrected chi connectivity index (χ1v) is 9.41. The van der Waals surface area contributed by atoms with Gasteiger partial charge < -0.3 is 20.1 Å². The molecule has 0 amide bonds. The summed E-state index contributed by atoms with van der Waals surface area (Å²) in [5, 5.41) is 6.65. The number of benzene rings is 1. The number of aliphatic imine (C=N–C) groups is 1. The molecular weight excluding hydrogens is 314 g/mol. The summed E-state index contributed by atoms with van der Waals surface area (Å²) in [7, 11) is 1.79. The van der Waals surface area contributed by atoms with Gasteiger partial charge >= 0.3 is 0 Å². The smallest absolute Gasteiger partial charge is 0.191 e. The lowest BCUT2D eigenvalue weighted by Crippen LogP contribution is -2.37. The molecule has 5 nitrogen and oxygen atoms in total. The number of nitrogens with one attached hydrogen (secondary N) is 2. The fourth-order valence-electron chi connectivity index (χ4n) is 2.29. The first kappa shape index (κ1) is 19.6. The van der Waals surface area contributed by atoms with E-state index in [1.54, 1.807) is 7.05 Å². The number of hydrogen-bond acceptors (Lipinski definition) is 3. The molecule has 1 aromatic carbocycles. The highest BCUT2D eigenvalue weighted by Gasteiger charge is 2.20. The molecule has 0 bridgehead atoms. The molecule has 1 aliphatic carbocycles. The van der Waals surface area contributed by atoms with E-state index >= 15 is 0 Å². The van der Waals surface area contributed by atoms with E-state index in [4.69, 9.17) is 9.47 Å². The van der Waals surface area contributed by atoms with Gasteiger partial charge in [-0.1, -0.05) is 26.0 Å². The summed E-state index contributed by atoms with van der Waals surface area (Å²) >= 11 is 0. The summed E-state index contributed by atoms with van der Waals surface area (Å²) < 4.78 is 11.3. The Bertz CT molecular complexity index is 510. The van der Waals surface area contributed by atoms with E-state index in [0.717, 1.165) is 57.0 Å². The average molecular weight is 348 g/mol. The molecule has 25 heavy (non-hydrogen) atoms. The minimum absolute atomic E-state index is 0.537. The Morgan fingerprint density at radius 2 is 1.96 bits per heavy atom. The number of nitrogens with zero attached hydrogens (tertiary/aromatic N) is 1. The van der Waals surface area contributed by atoms with Gasteiger partial charge in [-0.05, 0) is 48.8 Å². The van der Waals surface area contributed by atoms with E-state index in [0.29, 0.717) is 5.92 Å². The van der Waals surface area contributed by atoms with Gasteiger partial charge in [-0.2, -0.15) is 0 Å². The Morgan fingerprint density at radius 3 is 2.60 bits per heavy atom. The quantitative estimate of drug-likeness (QED) is 0.367. The van der Waals surface area contributed by atoms with Crippen LogP contribution in [-0.4, -0.2) is 39.4 Å². The maximum Gasteiger partial charge on any atom is 0.191 e. The fourth-order valence-corrected chi connectivity index (χ4v) is 2.29. The van der Waals surface area contributed by atoms with Gasteiger partial charge in [0.2, 0.25) is 0 Å². The van der Waals surface area contributed by atoms with Gasteiger partial charge in [0.1, 0.15) is 5.75 Å². The SMILES string of the molecule is CN=C(NCCCOCC1CC1)NCc1ccc(OCC(C)C)cc1. The van der Waals surface area contributed by atoms with Crippen LogP contribution in [0, 0.1) is 11.8 Å². The van der Waals surface area contributed by atoms with Crippen LogP contribution in [0.15, 0.2) is 29.3 Å². The van der Waals surface area contributed by atoms with Crippen molar-refractivity contribution in [3.05, 3.63) is 29.8 Å². The topological polar surface area (TPSA) is 54.9 Å². The molecule has 0 saturated heterocycles. The Balaban J connectivity index is 1.58. The molecule has 2 rings (SSSR count). The zero-order valence-corrected chi connectivity index (χ0v) is 15.9. The van der Waals surface area contributed by atoms with Crippen LogP contribution in [0.4, 0.5) is 0 Å². The summed E-state index contributed by atoms with van der Waals surface area (Å²) in [5.41, 5.74) is 1.20. The first-order valence-electron chi connectivity index (χ1n) is 9.41. The fraction of sp³-hybridized carbons (Fsp3) is 0.650. The largest absolute Gasteiger partial charge is 0.493 e. The van der Waals surface area contributed by atoms with Gasteiger partial charge in [0.05, 0.1) is 6.61 Å². The maximum absolute atomic E-state index is 5.70. The van der Waals surface area contributed by atoms with E-state index < -0.39 is 0 Å². The molecule has 2 N–H and O–H groups in total. The van der Waals surface area contributed by atoms with Crippen molar-refractivity contribution in [2.45, 2.75) is 39.7 Å². The van der Waals surface area contributed by atoms with Crippen LogP contribution in [0.25, 0.3) is 0 Å². The molecule has 0 aliphatic heterocycles. The molecule has 0 spiro atoms. The van der Waals surface area contributed by atoms with Crippen molar-refractivity contribution in [3.8, 4) is 5.75 Å². The van der Waals surface area contributed by atoms with Gasteiger partial charge in [-0.15, -0.1) is 0 Å². The predicted octanol–water partition coefficient (Wildman–Crippen LogP) is 3.20. The second-order valence-electron chi connectivity index (χ2n) is 7.07. The van der Waals surface area contributed by atoms with Crippen molar-refractivity contribution in [2.75, 3.05) is 33.4 Å². The van der Waals surface area contributed by atoms with Crippen LogP contribution >= 0.6 is 0 Å². The Morgan fingerprint density at radius 1 is 1.20 bits per heavy atom. The summed E-state index contributed by atoms with van der Waals surface area (Å²) in [5.74, 6) is 3.12. The lowest BCUT2D eigenvalue weighted by molar-refractivity contribution is 0.123. The predicted molar refractivity (Wildman–Crippen MR) is 103 cm³/mol. The Labute approximate surface area is 152 Å². The molecule has 0 unspecified atom stereocenters. The first-order chi connectivity index (χ1) is 12.2. The molecule has 0 atom stereocenters. The van der Waals surface area contributed by atoms with Gasteiger partial charge in [-0.25, -0.2) is 0 Å². The Kier molecular flexibility index (Phi) is 8.60. The van der Waals surface area contributed by atoms with Crippen LogP contribution in [0.2, 0.25) is 0 Å². The zero-order valence-electron chi connectivity index (χ0n) is 15.9. The molecule has 1 saturated carbocycles. The molecular formula is C20H33N3O2. The monoisotopic (exact) mass is 347 g/mol. The second kappa shape index (κ2) is 11.0. The molecule has 140 valence electrons. The lowest BCUT2D eigenvalue weighted by atomic mass is 10.2. The Hall–Kier alpha value is -1.75. The third-order valence-electron chi connectivity index (χ3n) is 4.00. The van der Waals surface area contributed by atoms with Crippen molar-refractivity contribution in [3.63, 3.8) is 0 Å². The van der Waals surface area contributed by atoms with Crippen molar-refractivity contribution in [2.24, 2.45) is 16.8 Å². The highest BCUT2D eigenvalue weighted by molar-refractivity contribution is 5.79. The van der Waals surface area contributed by atoms with Crippen molar-refractivity contribution in [1.29, 1.82) is 0 Å². The molecule has 5 heteroatoms. The van der Waals surface area contributed by atoms with Crippen LogP contribution in [0.5, 0.6) is 5.75 Å². The van der Waals surface area contributed by atoms with E-state index in [1.165, 1.54) is 18.4 Å². The van der Waals surface area contributed by atoms with Crippen LogP contribution in [0.1, 0.15) is 38.7 Å². The normalized spacial score (nSPS) is 14.6.